The van der Waals surface area contributed by atoms with Crippen LogP contribution in [0.2, 0.25) is 0 Å². The number of hydrogen-bond donors (Lipinski definition) is 0. The third-order valence-electron chi connectivity index (χ3n) is 19.7. The average Bonchev–Trinajstić information content (AvgIpc) is 1.58. The lowest BCUT2D eigenvalue weighted by molar-refractivity contribution is 0.424. The summed E-state index contributed by atoms with van der Waals surface area (Å²) in [4.78, 5) is 5.03. The Morgan fingerprint density at radius 1 is 0.494 bits per heavy atom. The van der Waals surface area contributed by atoms with E-state index in [1.165, 1.54) is 72.3 Å². The van der Waals surface area contributed by atoms with Crippen LogP contribution in [0.25, 0.3) is 61.1 Å². The topological polar surface area (TPSA) is 30.0 Å². The maximum absolute atomic E-state index is 7.26. The zero-order valence-electron chi connectivity index (χ0n) is 53.3. The Labute approximate surface area is 514 Å². The molecule has 1 aromatic heterocycles. The van der Waals surface area contributed by atoms with E-state index in [0.29, 0.717) is 0 Å². The molecule has 0 radical (unpaired) electrons. The number of allylic oxidation sites excluding steroid dienone is 8. The van der Waals surface area contributed by atoms with Crippen LogP contribution in [0.3, 0.4) is 0 Å². The van der Waals surface area contributed by atoms with E-state index in [2.05, 4.69) is 314 Å². The van der Waals surface area contributed by atoms with E-state index in [9.17, 15) is 0 Å². The molecule has 0 N–H and O–H groups in total. The first-order valence-corrected chi connectivity index (χ1v) is 31.7. The van der Waals surface area contributed by atoms with Crippen LogP contribution in [0, 0.1) is 5.41 Å². The minimum Gasteiger partial charge on any atom is -0.459 e. The van der Waals surface area contributed by atoms with Crippen LogP contribution >= 0.6 is 0 Å². The Morgan fingerprint density at radius 2 is 1.09 bits per heavy atom. The molecule has 87 heavy (non-hydrogen) atoms. The highest BCUT2D eigenvalue weighted by Crippen LogP contribution is 2.57. The zero-order chi connectivity index (χ0) is 60.4. The van der Waals surface area contributed by atoms with E-state index < -0.39 is 0 Å². The van der Waals surface area contributed by atoms with Crippen LogP contribution in [0.4, 0.5) is 28.4 Å². The standard InChI is InChI=1S/C81H81N5O/c1-77(2,3)50-29-37-54(38-30-50)82(55-39-31-51(32-40-55)78(4,5)6)58-45-46-65-68(47-58)84(67-27-19-23-61-60-21-16-18-28-71(60)87-76(61)67)69-48-59(83(56-41-33-52(34-42-56)79(7,8)9)57-43-35-53(36-44-57)80(10,11)12)49-70-75(69)85(65)66-26-20-24-63-72-74(86(70)73(63)66)62-22-15-17-25-64(62)81(72,13)14/h15-20,22-35,37-43,45-49,60H,21,36,44H2,1-14H3. The molecule has 3 aliphatic carbocycles. The van der Waals surface area contributed by atoms with Crippen molar-refractivity contribution in [3.05, 3.63) is 245 Å². The van der Waals surface area contributed by atoms with Crippen molar-refractivity contribution in [3.8, 4) is 28.4 Å². The number of rotatable bonds is 7. The van der Waals surface area contributed by atoms with Crippen LogP contribution < -0.4 is 14.5 Å². The highest BCUT2D eigenvalue weighted by molar-refractivity contribution is 6.12. The van der Waals surface area contributed by atoms with Gasteiger partial charge in [-0.3, -0.25) is 0 Å². The molecule has 1 unspecified atom stereocenters. The molecule has 1 atom stereocenters. The first-order chi connectivity index (χ1) is 41.4. The van der Waals surface area contributed by atoms with E-state index in [1.807, 2.05) is 0 Å². The predicted octanol–water partition coefficient (Wildman–Crippen LogP) is 22.2. The van der Waals surface area contributed by atoms with E-state index in [-0.39, 0.29) is 33.0 Å². The number of nitrogens with zero attached hydrogens (tertiary/aromatic N) is 5. The first kappa shape index (κ1) is 54.9. The van der Waals surface area contributed by atoms with Crippen molar-refractivity contribution in [2.24, 2.45) is 5.41 Å². The smallest absolute Gasteiger partial charge is 0.154 e. The second-order valence-electron chi connectivity index (χ2n) is 29.8. The second kappa shape index (κ2) is 19.1. The predicted molar refractivity (Wildman–Crippen MR) is 367 cm³/mol. The molecule has 0 amide bonds. The number of fused-ring (bicyclic) bond motifs is 12. The van der Waals surface area contributed by atoms with E-state index >= 15 is 0 Å². The Morgan fingerprint density at radius 3 is 1.71 bits per heavy atom. The van der Waals surface area contributed by atoms with Gasteiger partial charge in [0, 0.05) is 56.3 Å². The number of anilines is 5. The van der Waals surface area contributed by atoms with Gasteiger partial charge >= 0.3 is 0 Å². The summed E-state index contributed by atoms with van der Waals surface area (Å²) in [6.07, 6.45) is 14.2. The van der Waals surface area contributed by atoms with Gasteiger partial charge in [0.1, 0.15) is 5.76 Å². The van der Waals surface area contributed by atoms with Crippen molar-refractivity contribution in [2.45, 2.75) is 144 Å². The molecule has 15 rings (SSSR count). The molecule has 9 aromatic rings. The number of ether oxygens (including phenoxy) is 1. The van der Waals surface area contributed by atoms with Gasteiger partial charge in [0.15, 0.2) is 5.75 Å². The fourth-order valence-electron chi connectivity index (χ4n) is 15.0. The highest BCUT2D eigenvalue weighted by Gasteiger charge is 2.42. The third kappa shape index (κ3) is 8.55. The van der Waals surface area contributed by atoms with Crippen molar-refractivity contribution >= 4 is 66.9 Å². The molecular weight excluding hydrogens is 1060 g/mol. The molecule has 436 valence electrons. The minimum absolute atomic E-state index is 0.00173. The summed E-state index contributed by atoms with van der Waals surface area (Å²) in [5.41, 5.74) is 27.4. The van der Waals surface area contributed by atoms with Gasteiger partial charge in [-0.1, -0.05) is 206 Å². The molecule has 0 saturated carbocycles. The summed E-state index contributed by atoms with van der Waals surface area (Å²) in [5.74, 6) is 2.06. The Kier molecular flexibility index (Phi) is 12.1. The van der Waals surface area contributed by atoms with E-state index in [0.717, 1.165) is 92.6 Å². The molecule has 6 aliphatic rings. The van der Waals surface area contributed by atoms with Gasteiger partial charge in [0.25, 0.3) is 0 Å². The lowest BCUT2D eigenvalue weighted by Crippen LogP contribution is -2.22. The van der Waals surface area contributed by atoms with Gasteiger partial charge in [-0.05, 0) is 160 Å². The van der Waals surface area contributed by atoms with Crippen molar-refractivity contribution in [3.63, 3.8) is 0 Å². The second-order valence-corrected chi connectivity index (χ2v) is 29.8. The van der Waals surface area contributed by atoms with Crippen molar-refractivity contribution in [1.82, 2.24) is 13.5 Å². The van der Waals surface area contributed by atoms with Crippen molar-refractivity contribution < 1.29 is 4.74 Å². The highest BCUT2D eigenvalue weighted by atomic mass is 16.5. The molecule has 0 fully saturated rings. The fourth-order valence-corrected chi connectivity index (χ4v) is 15.0. The SMILES string of the molecule is CC(C)(C)C1=CC=C(N(c2ccc(C(C)(C)C)cc2)c2cc3c4c(c2)n2c5c(c6cccc(c62)n-4c2ccc(N(c4ccc(C(C)(C)C)cc4)c4ccc(C(C)(C)C)cc4)cc2n3-c2cccc3c2OC2=CC=CCC23)C(C)(C)c2ccccc2-5)CC1. The average molecular weight is 1140 g/mol. The summed E-state index contributed by atoms with van der Waals surface area (Å²) < 4.78 is 15.1. The summed E-state index contributed by atoms with van der Waals surface area (Å²) in [7, 11) is 0. The molecule has 6 nitrogen and oxygen atoms in total. The first-order valence-electron chi connectivity index (χ1n) is 31.7. The van der Waals surface area contributed by atoms with E-state index in [4.69, 9.17) is 4.74 Å². The van der Waals surface area contributed by atoms with E-state index in [1.54, 1.807) is 0 Å². The van der Waals surface area contributed by atoms with Gasteiger partial charge < -0.3 is 28.1 Å². The molecule has 3 aliphatic heterocycles. The summed E-state index contributed by atoms with van der Waals surface area (Å²) in [6.45, 7) is 32.6. The summed E-state index contributed by atoms with van der Waals surface area (Å²) >= 11 is 0. The van der Waals surface area contributed by atoms with Crippen LogP contribution in [-0.4, -0.2) is 13.5 Å². The van der Waals surface area contributed by atoms with Gasteiger partial charge in [0.05, 0.1) is 55.9 Å². The van der Waals surface area contributed by atoms with Crippen molar-refractivity contribution in [1.29, 1.82) is 0 Å². The summed E-state index contributed by atoms with van der Waals surface area (Å²) in [5, 5.41) is 1.29. The lowest BCUT2D eigenvalue weighted by Gasteiger charge is -2.34. The van der Waals surface area contributed by atoms with Gasteiger partial charge in [-0.25, -0.2) is 0 Å². The van der Waals surface area contributed by atoms with Gasteiger partial charge in [-0.2, -0.15) is 0 Å². The summed E-state index contributed by atoms with van der Waals surface area (Å²) in [6, 6.07) is 63.2. The third-order valence-corrected chi connectivity index (χ3v) is 19.7. The van der Waals surface area contributed by atoms with Gasteiger partial charge in [0.2, 0.25) is 0 Å². The minimum atomic E-state index is -0.254. The maximum atomic E-state index is 7.26. The number of benzene rings is 8. The fraction of sp³-hybridized carbons (Fsp3) is 0.284. The molecule has 6 heteroatoms. The molecule has 4 heterocycles. The molecular formula is C81H81N5O. The molecule has 0 saturated heterocycles. The van der Waals surface area contributed by atoms with Gasteiger partial charge in [-0.15, -0.1) is 0 Å². The molecule has 0 spiro atoms. The normalized spacial score (nSPS) is 16.5. The lowest BCUT2D eigenvalue weighted by atomic mass is 9.81. The number of aromatic nitrogens is 3. The zero-order valence-corrected chi connectivity index (χ0v) is 53.3. The maximum Gasteiger partial charge on any atom is 0.154 e. The Bertz CT molecular complexity index is 4670. The Balaban J connectivity index is 1.12. The Hall–Kier alpha value is -8.74. The van der Waals surface area contributed by atoms with Crippen LogP contribution in [-0.2, 0) is 21.7 Å². The quantitative estimate of drug-likeness (QED) is 0.118. The molecule has 0 bridgehead atoms. The molecule has 8 aromatic carbocycles. The number of para-hydroxylation sites is 2. The monoisotopic (exact) mass is 1140 g/mol. The number of hydrogen-bond acceptors (Lipinski definition) is 3. The largest absolute Gasteiger partial charge is 0.459 e. The van der Waals surface area contributed by atoms with Crippen molar-refractivity contribution in [2.75, 3.05) is 9.80 Å². The van der Waals surface area contributed by atoms with Crippen LogP contribution in [0.15, 0.2) is 211 Å². The van der Waals surface area contributed by atoms with Crippen LogP contribution in [0.5, 0.6) is 5.75 Å². The van der Waals surface area contributed by atoms with Crippen LogP contribution in [0.1, 0.15) is 155 Å².